The van der Waals surface area contributed by atoms with Crippen molar-refractivity contribution in [2.45, 2.75) is 45.4 Å². The summed E-state index contributed by atoms with van der Waals surface area (Å²) >= 11 is 4.74. The van der Waals surface area contributed by atoms with Crippen LogP contribution in [0, 0.1) is 0 Å². The number of rotatable bonds is 75. The van der Waals surface area contributed by atoms with Crippen molar-refractivity contribution in [2.24, 2.45) is 0 Å². The molecule has 0 spiro atoms. The van der Waals surface area contributed by atoms with E-state index in [1.807, 2.05) is 127 Å². The quantitative estimate of drug-likeness (QED) is 0.0274. The lowest BCUT2D eigenvalue weighted by molar-refractivity contribution is 0.0532. The van der Waals surface area contributed by atoms with Gasteiger partial charge in [0.05, 0.1) is 159 Å². The molecule has 0 radical (unpaired) electrons. The van der Waals surface area contributed by atoms with Gasteiger partial charge in [-0.05, 0) is 124 Å². The summed E-state index contributed by atoms with van der Waals surface area (Å²) in [7, 11) is 13.0. The zero-order valence-electron chi connectivity index (χ0n) is 70.9. The highest BCUT2D eigenvalue weighted by Gasteiger charge is 2.16. The Labute approximate surface area is 711 Å². The molecule has 7 rings (SSSR count). The molecule has 0 aliphatic rings. The molecule has 0 heterocycles. The fourth-order valence-electron chi connectivity index (χ4n) is 10.9. The summed E-state index contributed by atoms with van der Waals surface area (Å²) in [5.41, 5.74) is 5.36. The predicted molar refractivity (Wildman–Crippen MR) is 449 cm³/mol. The van der Waals surface area contributed by atoms with Crippen LogP contribution in [-0.2, 0) is 121 Å². The number of benzene rings is 7. The maximum atomic E-state index is 6.71. The molecule has 0 aliphatic heterocycles. The van der Waals surface area contributed by atoms with Crippen molar-refractivity contribution in [3.05, 3.63) is 166 Å². The first kappa shape index (κ1) is 98.6. The molecule has 0 atom stereocenters. The van der Waals surface area contributed by atoms with Crippen molar-refractivity contribution < 1.29 is 142 Å². The number of thiol groups is 1. The number of hydrogen-bond acceptors (Lipinski definition) is 31. The third-order valence-corrected chi connectivity index (χ3v) is 17.0. The minimum Gasteiger partial charge on any atom is -0.491 e. The van der Waals surface area contributed by atoms with Crippen LogP contribution in [0.2, 0.25) is 0 Å². The van der Waals surface area contributed by atoms with E-state index in [9.17, 15) is 0 Å². The predicted octanol–water partition coefficient (Wildman–Crippen LogP) is 11.9. The largest absolute Gasteiger partial charge is 0.491 e. The van der Waals surface area contributed by atoms with Gasteiger partial charge < -0.3 is 142 Å². The van der Waals surface area contributed by atoms with E-state index in [4.69, 9.17) is 155 Å². The zero-order valence-corrected chi connectivity index (χ0v) is 71.8. The molecule has 0 bridgehead atoms. The van der Waals surface area contributed by atoms with Crippen LogP contribution in [0.5, 0.6) is 80.5 Å². The summed E-state index contributed by atoms with van der Waals surface area (Å²) < 4.78 is 176. The van der Waals surface area contributed by atoms with E-state index in [1.54, 1.807) is 56.9 Å². The zero-order chi connectivity index (χ0) is 84.8. The van der Waals surface area contributed by atoms with E-state index in [2.05, 4.69) is 0 Å². The maximum absolute atomic E-state index is 6.71. The summed E-state index contributed by atoms with van der Waals surface area (Å²) in [5, 5.41) is 0. The Hall–Kier alpha value is -8.55. The first-order chi connectivity index (χ1) is 59.1. The standard InChI is InChI=1S/C89H124O30S/c1-90-9-17-98-25-33-106-76-41-69(42-77(55-76)107-34-26-99-18-10-91-2)62-114-84-49-73(50-85(59-84)115-63-70-43-78(108-35-27-100-19-11-92-3)56-79(44-70)109-36-28-101-20-12-93-4)66-118-88-53-75(68-120)54-89(61-88)119-67-74-51-86(116-64-71-45-80(110-37-29-102-21-13-94-5)57-81(46-71)111-38-30-103-22-14-95-6)60-87(52-74)117-65-72-47-82(112-39-31-104-23-15-96-7)58-83(48-72)113-40-32-105-24-16-97-8/h41-61,120H,9-40,62-68H2,1-8H3. The van der Waals surface area contributed by atoms with Gasteiger partial charge in [0.15, 0.2) is 0 Å². The number of ether oxygens (including phenoxy) is 30. The lowest BCUT2D eigenvalue weighted by Crippen LogP contribution is -2.11. The van der Waals surface area contributed by atoms with E-state index in [1.165, 1.54) is 0 Å². The molecule has 31 heteroatoms. The molecule has 0 amide bonds. The Balaban J connectivity index is 1.17. The fourth-order valence-corrected chi connectivity index (χ4v) is 11.1. The highest BCUT2D eigenvalue weighted by Crippen LogP contribution is 2.34. The van der Waals surface area contributed by atoms with Gasteiger partial charge in [-0.2, -0.15) is 12.6 Å². The lowest BCUT2D eigenvalue weighted by Gasteiger charge is -2.17. The van der Waals surface area contributed by atoms with Crippen molar-refractivity contribution in [1.82, 2.24) is 0 Å². The summed E-state index contributed by atoms with van der Waals surface area (Å²) in [6, 6.07) is 39.4. The molecule has 0 aliphatic carbocycles. The Morgan fingerprint density at radius 1 is 0.142 bits per heavy atom. The van der Waals surface area contributed by atoms with Crippen LogP contribution in [0.1, 0.15) is 38.9 Å². The SMILES string of the molecule is COCCOCCOc1cc(COc2cc(COc3cc(CS)cc(OCc4cc(OCc5cc(OCCOCCOC)cc(OCCOCCOC)c5)cc(OCc5cc(OCCOCCOC)cc(OCCOCCOC)c5)c4)c3)cc(OCc3cc(OCCOCCOC)cc(OCCOCCOC)c3)c2)cc(OCCOCCOC)c1. The highest BCUT2D eigenvalue weighted by molar-refractivity contribution is 7.79. The van der Waals surface area contributed by atoms with Crippen LogP contribution in [0.3, 0.4) is 0 Å². The molecule has 0 N–H and O–H groups in total. The number of hydrogen-bond donors (Lipinski definition) is 1. The molecular formula is C89H124O30S. The van der Waals surface area contributed by atoms with Gasteiger partial charge in [-0.3, -0.25) is 0 Å². The second-order valence-corrected chi connectivity index (χ2v) is 26.5. The van der Waals surface area contributed by atoms with Gasteiger partial charge >= 0.3 is 0 Å². The average Bonchev–Trinajstić information content (AvgIpc) is 0.841. The van der Waals surface area contributed by atoms with Crippen molar-refractivity contribution in [2.75, 3.05) is 268 Å². The molecule has 0 aromatic heterocycles. The monoisotopic (exact) mass is 1700 g/mol. The average molecular weight is 1710 g/mol. The van der Waals surface area contributed by atoms with E-state index >= 15 is 0 Å². The summed E-state index contributed by atoms with van der Waals surface area (Å²) in [6.07, 6.45) is 0. The van der Waals surface area contributed by atoms with E-state index in [0.717, 1.165) is 38.9 Å². The van der Waals surface area contributed by atoms with Gasteiger partial charge in [0.1, 0.15) is 173 Å². The van der Waals surface area contributed by atoms with Crippen LogP contribution >= 0.6 is 12.6 Å². The Kier molecular flexibility index (Phi) is 52.1. The minimum atomic E-state index is 0.0774. The van der Waals surface area contributed by atoms with Crippen molar-refractivity contribution in [3.8, 4) is 80.5 Å². The highest BCUT2D eigenvalue weighted by atomic mass is 32.1. The molecule has 120 heavy (non-hydrogen) atoms. The normalized spacial score (nSPS) is 11.2. The molecule has 7 aromatic rings. The van der Waals surface area contributed by atoms with E-state index in [0.29, 0.717) is 298 Å². The van der Waals surface area contributed by atoms with Crippen LogP contribution in [-0.4, -0.2) is 268 Å². The molecule has 30 nitrogen and oxygen atoms in total. The molecular weight excluding hydrogens is 1580 g/mol. The smallest absolute Gasteiger partial charge is 0.123 e. The third kappa shape index (κ3) is 43.8. The molecule has 0 saturated heterocycles. The molecule has 7 aromatic carbocycles. The maximum Gasteiger partial charge on any atom is 0.123 e. The topological polar surface area (TPSA) is 277 Å². The van der Waals surface area contributed by atoms with Crippen molar-refractivity contribution in [3.63, 3.8) is 0 Å². The van der Waals surface area contributed by atoms with Gasteiger partial charge in [-0.15, -0.1) is 0 Å². The molecule has 0 unspecified atom stereocenters. The second kappa shape index (κ2) is 63.4. The molecule has 666 valence electrons. The summed E-state index contributed by atoms with van der Waals surface area (Å²) in [6.45, 7) is 13.0. The van der Waals surface area contributed by atoms with Crippen LogP contribution < -0.4 is 66.3 Å². The Morgan fingerprint density at radius 3 is 0.383 bits per heavy atom. The summed E-state index contributed by atoms with van der Waals surface area (Å²) in [5.74, 6) is 7.89. The van der Waals surface area contributed by atoms with Crippen LogP contribution in [0.15, 0.2) is 127 Å². The minimum absolute atomic E-state index is 0.0774. The van der Waals surface area contributed by atoms with E-state index < -0.39 is 0 Å². The number of methoxy groups -OCH3 is 8. The summed E-state index contributed by atoms with van der Waals surface area (Å²) in [4.78, 5) is 0. The van der Waals surface area contributed by atoms with Gasteiger partial charge in [-0.1, -0.05) is 0 Å². The first-order valence-corrected chi connectivity index (χ1v) is 40.6. The van der Waals surface area contributed by atoms with Crippen molar-refractivity contribution in [1.29, 1.82) is 0 Å². The lowest BCUT2D eigenvalue weighted by atomic mass is 10.1. The van der Waals surface area contributed by atoms with Crippen molar-refractivity contribution >= 4 is 12.6 Å². The van der Waals surface area contributed by atoms with Crippen LogP contribution in [0.4, 0.5) is 0 Å². The fraction of sp³-hybridized carbons (Fsp3) is 0.528. The first-order valence-electron chi connectivity index (χ1n) is 40.0. The molecule has 0 fully saturated rings. The van der Waals surface area contributed by atoms with Gasteiger partial charge in [0.25, 0.3) is 0 Å². The third-order valence-electron chi connectivity index (χ3n) is 16.6. The van der Waals surface area contributed by atoms with E-state index in [-0.39, 0.29) is 39.6 Å². The van der Waals surface area contributed by atoms with Gasteiger partial charge in [-0.25, -0.2) is 0 Å². The molecule has 0 saturated carbocycles. The van der Waals surface area contributed by atoms with Gasteiger partial charge in [0, 0.05) is 105 Å². The second-order valence-electron chi connectivity index (χ2n) is 26.2. The Bertz CT molecular complexity index is 3240. The van der Waals surface area contributed by atoms with Crippen LogP contribution in [0.25, 0.3) is 0 Å². The van der Waals surface area contributed by atoms with Gasteiger partial charge in [0.2, 0.25) is 0 Å². The Morgan fingerprint density at radius 2 is 0.258 bits per heavy atom.